The molecule has 0 atom stereocenters. The molecule has 128 valence electrons. The van der Waals surface area contributed by atoms with Gasteiger partial charge in [-0.2, -0.15) is 0 Å². The van der Waals surface area contributed by atoms with Crippen molar-refractivity contribution >= 4 is 17.1 Å². The molecule has 4 heteroatoms. The van der Waals surface area contributed by atoms with Crippen molar-refractivity contribution in [2.45, 2.75) is 20.8 Å². The van der Waals surface area contributed by atoms with Crippen LogP contribution in [0.5, 0.6) is 0 Å². The van der Waals surface area contributed by atoms with Crippen LogP contribution in [0, 0.1) is 38.2 Å². The van der Waals surface area contributed by atoms with Crippen molar-refractivity contribution in [3.63, 3.8) is 0 Å². The van der Waals surface area contributed by atoms with Crippen molar-refractivity contribution in [2.24, 2.45) is 0 Å². The van der Waals surface area contributed by atoms with Gasteiger partial charge in [0.15, 0.2) is 17.5 Å². The molecule has 3 aromatic rings. The molecular formula is C21H18F3N. The maximum atomic E-state index is 14.6. The molecule has 3 aromatic carbocycles. The lowest BCUT2D eigenvalue weighted by molar-refractivity contribution is 0.491. The van der Waals surface area contributed by atoms with E-state index >= 15 is 0 Å². The van der Waals surface area contributed by atoms with Gasteiger partial charge in [-0.15, -0.1) is 0 Å². The zero-order valence-electron chi connectivity index (χ0n) is 14.3. The van der Waals surface area contributed by atoms with Gasteiger partial charge in [-0.25, -0.2) is 13.2 Å². The van der Waals surface area contributed by atoms with E-state index in [1.165, 1.54) is 11.8 Å². The van der Waals surface area contributed by atoms with Crippen molar-refractivity contribution in [1.29, 1.82) is 0 Å². The Balaban J connectivity index is 2.27. The van der Waals surface area contributed by atoms with E-state index in [1.807, 2.05) is 38.1 Å². The summed E-state index contributed by atoms with van der Waals surface area (Å²) in [5, 5.41) is 0. The molecule has 0 aromatic heterocycles. The maximum Gasteiger partial charge on any atom is 0.186 e. The predicted molar refractivity (Wildman–Crippen MR) is 95.2 cm³/mol. The Morgan fingerprint density at radius 2 is 1.08 bits per heavy atom. The Bertz CT molecular complexity index is 854. The standard InChI is InChI=1S/C21H18F3N/c1-13-4-8-16(9-5-13)25(17-10-6-14(2)7-11-17)21-18(22)12-15(3)19(23)20(21)24/h4-12H,1-3H3. The highest BCUT2D eigenvalue weighted by Gasteiger charge is 2.24. The van der Waals surface area contributed by atoms with Crippen LogP contribution in [0.1, 0.15) is 16.7 Å². The van der Waals surface area contributed by atoms with Crippen LogP contribution in [0.15, 0.2) is 54.6 Å². The molecule has 0 saturated heterocycles. The molecule has 0 heterocycles. The fourth-order valence-electron chi connectivity index (χ4n) is 2.70. The molecule has 1 nitrogen and oxygen atoms in total. The molecule has 0 bridgehead atoms. The Morgan fingerprint density at radius 3 is 1.52 bits per heavy atom. The number of nitrogens with zero attached hydrogens (tertiary/aromatic N) is 1. The van der Waals surface area contributed by atoms with E-state index in [0.717, 1.165) is 17.2 Å². The van der Waals surface area contributed by atoms with Gasteiger partial charge in [-0.1, -0.05) is 35.4 Å². The molecule has 0 aliphatic rings. The number of rotatable bonds is 3. The number of halogens is 3. The predicted octanol–water partition coefficient (Wildman–Crippen LogP) is 6.50. The summed E-state index contributed by atoms with van der Waals surface area (Å²) in [6, 6.07) is 15.4. The quantitative estimate of drug-likeness (QED) is 0.492. The van der Waals surface area contributed by atoms with Crippen LogP contribution in [-0.2, 0) is 0 Å². The van der Waals surface area contributed by atoms with Crippen LogP contribution < -0.4 is 4.90 Å². The average Bonchev–Trinajstić information content (AvgIpc) is 2.59. The Kier molecular flexibility index (Phi) is 4.53. The third kappa shape index (κ3) is 3.25. The summed E-state index contributed by atoms with van der Waals surface area (Å²) in [6.07, 6.45) is 0. The number of anilines is 3. The Labute approximate surface area is 145 Å². The molecule has 0 amide bonds. The van der Waals surface area contributed by atoms with Gasteiger partial charge in [0.05, 0.1) is 0 Å². The minimum atomic E-state index is -1.20. The second-order valence-electron chi connectivity index (χ2n) is 6.16. The van der Waals surface area contributed by atoms with E-state index in [1.54, 1.807) is 24.3 Å². The lowest BCUT2D eigenvalue weighted by Gasteiger charge is -2.27. The van der Waals surface area contributed by atoms with Crippen LogP contribution in [-0.4, -0.2) is 0 Å². The average molecular weight is 341 g/mol. The highest BCUT2D eigenvalue weighted by Crippen LogP contribution is 2.39. The zero-order valence-corrected chi connectivity index (χ0v) is 14.3. The first-order valence-electron chi connectivity index (χ1n) is 7.96. The molecule has 0 radical (unpaired) electrons. The molecule has 0 aliphatic heterocycles. The van der Waals surface area contributed by atoms with E-state index in [-0.39, 0.29) is 5.56 Å². The van der Waals surface area contributed by atoms with Crippen LogP contribution in [0.3, 0.4) is 0 Å². The first-order valence-corrected chi connectivity index (χ1v) is 7.96. The van der Waals surface area contributed by atoms with Crippen molar-refractivity contribution in [3.05, 3.63) is 88.7 Å². The fourth-order valence-corrected chi connectivity index (χ4v) is 2.70. The van der Waals surface area contributed by atoms with Crippen molar-refractivity contribution < 1.29 is 13.2 Å². The highest BCUT2D eigenvalue weighted by molar-refractivity contribution is 5.77. The largest absolute Gasteiger partial charge is 0.305 e. The molecule has 25 heavy (non-hydrogen) atoms. The van der Waals surface area contributed by atoms with Crippen LogP contribution in [0.2, 0.25) is 0 Å². The number of hydrogen-bond acceptors (Lipinski definition) is 1. The molecule has 0 aliphatic carbocycles. The van der Waals surface area contributed by atoms with Gasteiger partial charge in [0, 0.05) is 11.4 Å². The van der Waals surface area contributed by atoms with Gasteiger partial charge in [0.2, 0.25) is 0 Å². The molecule has 0 unspecified atom stereocenters. The van der Waals surface area contributed by atoms with E-state index in [9.17, 15) is 13.2 Å². The summed E-state index contributed by atoms with van der Waals surface area (Å²) in [6.45, 7) is 5.19. The molecule has 0 saturated carbocycles. The van der Waals surface area contributed by atoms with Gasteiger partial charge < -0.3 is 4.90 Å². The van der Waals surface area contributed by atoms with Crippen molar-refractivity contribution in [2.75, 3.05) is 4.90 Å². The number of hydrogen-bond donors (Lipinski definition) is 0. The molecule has 3 rings (SSSR count). The van der Waals surface area contributed by atoms with E-state index < -0.39 is 23.1 Å². The lowest BCUT2D eigenvalue weighted by Crippen LogP contribution is -2.15. The van der Waals surface area contributed by atoms with Gasteiger partial charge in [-0.3, -0.25) is 0 Å². The summed E-state index contributed by atoms with van der Waals surface area (Å²) in [7, 11) is 0. The van der Waals surface area contributed by atoms with Gasteiger partial charge in [-0.05, 0) is 56.7 Å². The first-order chi connectivity index (χ1) is 11.9. The van der Waals surface area contributed by atoms with Gasteiger partial charge >= 0.3 is 0 Å². The summed E-state index contributed by atoms with van der Waals surface area (Å²) in [5.74, 6) is -3.04. The topological polar surface area (TPSA) is 3.24 Å². The van der Waals surface area contributed by atoms with Gasteiger partial charge in [0.1, 0.15) is 5.69 Å². The maximum absolute atomic E-state index is 14.6. The summed E-state index contributed by atoms with van der Waals surface area (Å²) < 4.78 is 43.4. The van der Waals surface area contributed by atoms with Crippen LogP contribution in [0.25, 0.3) is 0 Å². The van der Waals surface area contributed by atoms with Crippen LogP contribution >= 0.6 is 0 Å². The number of benzene rings is 3. The molecule has 0 fully saturated rings. The monoisotopic (exact) mass is 341 g/mol. The van der Waals surface area contributed by atoms with Gasteiger partial charge in [0.25, 0.3) is 0 Å². The van der Waals surface area contributed by atoms with E-state index in [2.05, 4.69) is 0 Å². The molecule has 0 N–H and O–H groups in total. The zero-order chi connectivity index (χ0) is 18.1. The second kappa shape index (κ2) is 6.63. The van der Waals surface area contributed by atoms with Crippen molar-refractivity contribution in [3.8, 4) is 0 Å². The summed E-state index contributed by atoms with van der Waals surface area (Å²) in [4.78, 5) is 1.39. The van der Waals surface area contributed by atoms with E-state index in [4.69, 9.17) is 0 Å². The Morgan fingerprint density at radius 1 is 0.640 bits per heavy atom. The first kappa shape index (κ1) is 17.1. The summed E-state index contributed by atoms with van der Waals surface area (Å²) in [5.41, 5.74) is 2.65. The van der Waals surface area contributed by atoms with E-state index in [0.29, 0.717) is 11.4 Å². The smallest absolute Gasteiger partial charge is 0.186 e. The normalized spacial score (nSPS) is 10.8. The van der Waals surface area contributed by atoms with Crippen LogP contribution in [0.4, 0.5) is 30.2 Å². The molecular weight excluding hydrogens is 323 g/mol. The second-order valence-corrected chi connectivity index (χ2v) is 6.16. The number of aryl methyl sites for hydroxylation is 3. The Hall–Kier alpha value is -2.75. The molecule has 0 spiro atoms. The minimum Gasteiger partial charge on any atom is -0.305 e. The minimum absolute atomic E-state index is 0.0634. The fraction of sp³-hybridized carbons (Fsp3) is 0.143. The lowest BCUT2D eigenvalue weighted by atomic mass is 10.1. The third-order valence-corrected chi connectivity index (χ3v) is 4.12. The summed E-state index contributed by atoms with van der Waals surface area (Å²) >= 11 is 0. The SMILES string of the molecule is Cc1ccc(N(c2ccc(C)cc2)c2c(F)cc(C)c(F)c2F)cc1. The highest BCUT2D eigenvalue weighted by atomic mass is 19.2. The van der Waals surface area contributed by atoms with Crippen molar-refractivity contribution in [1.82, 2.24) is 0 Å². The third-order valence-electron chi connectivity index (χ3n) is 4.12.